The van der Waals surface area contributed by atoms with E-state index in [0.29, 0.717) is 0 Å². The summed E-state index contributed by atoms with van der Waals surface area (Å²) in [5.41, 5.74) is 0.0938. The van der Waals surface area contributed by atoms with Gasteiger partial charge in [0, 0.05) is 37.8 Å². The average Bonchev–Trinajstić information content (AvgIpc) is 2.40. The van der Waals surface area contributed by atoms with E-state index >= 15 is 0 Å². The predicted molar refractivity (Wildman–Crippen MR) is 65.8 cm³/mol. The van der Waals surface area contributed by atoms with Crippen LogP contribution in [0.5, 0.6) is 5.75 Å². The van der Waals surface area contributed by atoms with Crippen molar-refractivity contribution < 1.29 is 13.5 Å². The number of piperazine rings is 1. The van der Waals surface area contributed by atoms with Crippen LogP contribution in [0.2, 0.25) is 0 Å². The van der Waals surface area contributed by atoms with Gasteiger partial charge in [0.2, 0.25) is 0 Å². The molecule has 1 N–H and O–H groups in total. The van der Waals surface area contributed by atoms with E-state index in [-0.39, 0.29) is 17.4 Å². The van der Waals surface area contributed by atoms with Crippen LogP contribution in [0.4, 0.5) is 8.78 Å². The molecule has 1 aromatic carbocycles. The van der Waals surface area contributed by atoms with Crippen LogP contribution < -0.4 is 10.1 Å². The van der Waals surface area contributed by atoms with Crippen LogP contribution in [0.3, 0.4) is 0 Å². The van der Waals surface area contributed by atoms with Crippen molar-refractivity contribution in [1.82, 2.24) is 10.2 Å². The molecule has 5 heteroatoms. The molecule has 0 aromatic heterocycles. The van der Waals surface area contributed by atoms with E-state index in [1.54, 1.807) is 0 Å². The Labute approximate surface area is 106 Å². The number of nitrogens with one attached hydrogen (secondary N) is 1. The minimum absolute atomic E-state index is 0.0911. The van der Waals surface area contributed by atoms with E-state index in [1.165, 1.54) is 19.2 Å². The zero-order valence-electron chi connectivity index (χ0n) is 10.7. The topological polar surface area (TPSA) is 24.5 Å². The van der Waals surface area contributed by atoms with Crippen LogP contribution in [0, 0.1) is 11.6 Å². The molecule has 0 unspecified atom stereocenters. The molecule has 1 heterocycles. The van der Waals surface area contributed by atoms with Gasteiger partial charge in [-0.2, -0.15) is 0 Å². The largest absolute Gasteiger partial charge is 0.494 e. The van der Waals surface area contributed by atoms with Crippen LogP contribution in [-0.4, -0.2) is 38.2 Å². The van der Waals surface area contributed by atoms with Crippen LogP contribution in [-0.2, 0) is 0 Å². The summed E-state index contributed by atoms with van der Waals surface area (Å²) in [6, 6.07) is 2.29. The number of nitrogens with zero attached hydrogens (tertiary/aromatic N) is 1. The van der Waals surface area contributed by atoms with Gasteiger partial charge in [-0.1, -0.05) is 0 Å². The number of halogens is 2. The number of rotatable bonds is 3. The summed E-state index contributed by atoms with van der Waals surface area (Å²) in [7, 11) is 1.38. The molecule has 0 aliphatic carbocycles. The molecule has 1 aliphatic heterocycles. The molecule has 1 saturated heterocycles. The van der Waals surface area contributed by atoms with E-state index < -0.39 is 11.6 Å². The first-order valence-corrected chi connectivity index (χ1v) is 6.11. The van der Waals surface area contributed by atoms with Crippen molar-refractivity contribution in [1.29, 1.82) is 0 Å². The Morgan fingerprint density at radius 3 is 2.56 bits per heavy atom. The molecule has 0 saturated carbocycles. The number of ether oxygens (including phenoxy) is 1. The Kier molecular flexibility index (Phi) is 4.14. The van der Waals surface area contributed by atoms with Gasteiger partial charge in [0.1, 0.15) is 5.82 Å². The van der Waals surface area contributed by atoms with Gasteiger partial charge >= 0.3 is 0 Å². The highest BCUT2D eigenvalue weighted by molar-refractivity contribution is 5.34. The van der Waals surface area contributed by atoms with Gasteiger partial charge in [0.15, 0.2) is 11.6 Å². The fourth-order valence-electron chi connectivity index (χ4n) is 2.34. The van der Waals surface area contributed by atoms with Crippen LogP contribution in [0.25, 0.3) is 0 Å². The first kappa shape index (κ1) is 13.2. The highest BCUT2D eigenvalue weighted by Crippen LogP contribution is 2.30. The highest BCUT2D eigenvalue weighted by atomic mass is 19.1. The second-order valence-electron chi connectivity index (χ2n) is 4.44. The summed E-state index contributed by atoms with van der Waals surface area (Å²) >= 11 is 0. The monoisotopic (exact) mass is 256 g/mol. The van der Waals surface area contributed by atoms with Crippen molar-refractivity contribution in [3.8, 4) is 5.75 Å². The number of hydrogen-bond acceptors (Lipinski definition) is 3. The Bertz CT molecular complexity index is 420. The Morgan fingerprint density at radius 1 is 1.28 bits per heavy atom. The third kappa shape index (κ3) is 2.47. The maximum absolute atomic E-state index is 14.1. The molecule has 3 nitrogen and oxygen atoms in total. The second kappa shape index (κ2) is 5.63. The summed E-state index contributed by atoms with van der Waals surface area (Å²) in [6.07, 6.45) is 0. The molecule has 0 bridgehead atoms. The van der Waals surface area contributed by atoms with Crippen molar-refractivity contribution in [2.24, 2.45) is 0 Å². The fraction of sp³-hybridized carbons (Fsp3) is 0.538. The van der Waals surface area contributed by atoms with Gasteiger partial charge < -0.3 is 10.1 Å². The molecule has 0 spiro atoms. The molecule has 1 aromatic rings. The smallest absolute Gasteiger partial charge is 0.172 e. The first-order chi connectivity index (χ1) is 8.65. The van der Waals surface area contributed by atoms with E-state index in [1.807, 2.05) is 6.92 Å². The van der Waals surface area contributed by atoms with Crippen LogP contribution in [0.15, 0.2) is 12.1 Å². The summed E-state index contributed by atoms with van der Waals surface area (Å²) < 4.78 is 32.9. The maximum atomic E-state index is 14.1. The maximum Gasteiger partial charge on any atom is 0.172 e. The lowest BCUT2D eigenvalue weighted by atomic mass is 10.0. The minimum Gasteiger partial charge on any atom is -0.494 e. The summed E-state index contributed by atoms with van der Waals surface area (Å²) in [5.74, 6) is -1.02. The van der Waals surface area contributed by atoms with Gasteiger partial charge in [-0.25, -0.2) is 8.78 Å². The predicted octanol–water partition coefficient (Wildman–Crippen LogP) is 1.94. The molecular formula is C13H18F2N2O. The van der Waals surface area contributed by atoms with Gasteiger partial charge in [0.25, 0.3) is 0 Å². The lowest BCUT2D eigenvalue weighted by Gasteiger charge is -2.33. The standard InChI is InChI=1S/C13H18F2N2O/c1-9(17-7-5-16-6-8-17)12-10(14)3-4-11(18-2)13(12)15/h3-4,9,16H,5-8H2,1-2H3/t9-/m1/s1. The third-order valence-corrected chi connectivity index (χ3v) is 3.43. The molecular weight excluding hydrogens is 238 g/mol. The van der Waals surface area contributed by atoms with E-state index in [2.05, 4.69) is 10.2 Å². The molecule has 1 atom stereocenters. The average molecular weight is 256 g/mol. The Balaban J connectivity index is 2.30. The zero-order valence-corrected chi connectivity index (χ0v) is 10.7. The van der Waals surface area contributed by atoms with E-state index in [0.717, 1.165) is 26.2 Å². The van der Waals surface area contributed by atoms with Gasteiger partial charge in [0.05, 0.1) is 7.11 Å². The van der Waals surface area contributed by atoms with E-state index in [4.69, 9.17) is 4.74 Å². The zero-order chi connectivity index (χ0) is 13.1. The summed E-state index contributed by atoms with van der Waals surface area (Å²) in [6.45, 7) is 5.09. The van der Waals surface area contributed by atoms with Crippen molar-refractivity contribution in [3.05, 3.63) is 29.3 Å². The van der Waals surface area contributed by atoms with Crippen molar-refractivity contribution in [2.75, 3.05) is 33.3 Å². The molecule has 0 amide bonds. The van der Waals surface area contributed by atoms with Crippen molar-refractivity contribution >= 4 is 0 Å². The highest BCUT2D eigenvalue weighted by Gasteiger charge is 2.25. The number of benzene rings is 1. The SMILES string of the molecule is COc1ccc(F)c([C@@H](C)N2CCNCC2)c1F. The Morgan fingerprint density at radius 2 is 1.94 bits per heavy atom. The second-order valence-corrected chi connectivity index (χ2v) is 4.44. The first-order valence-electron chi connectivity index (χ1n) is 6.11. The lowest BCUT2D eigenvalue weighted by Crippen LogP contribution is -2.44. The van der Waals surface area contributed by atoms with Gasteiger partial charge in [-0.15, -0.1) is 0 Å². The molecule has 0 radical (unpaired) electrons. The number of hydrogen-bond donors (Lipinski definition) is 1. The molecule has 18 heavy (non-hydrogen) atoms. The normalized spacial score (nSPS) is 18.7. The molecule has 2 rings (SSSR count). The fourth-order valence-corrected chi connectivity index (χ4v) is 2.34. The van der Waals surface area contributed by atoms with Crippen molar-refractivity contribution in [3.63, 3.8) is 0 Å². The quantitative estimate of drug-likeness (QED) is 0.894. The number of methoxy groups -OCH3 is 1. The van der Waals surface area contributed by atoms with Gasteiger partial charge in [-0.05, 0) is 19.1 Å². The Hall–Kier alpha value is -1.20. The van der Waals surface area contributed by atoms with Gasteiger partial charge in [-0.3, -0.25) is 4.90 Å². The molecule has 1 aliphatic rings. The summed E-state index contributed by atoms with van der Waals surface area (Å²) in [4.78, 5) is 2.07. The van der Waals surface area contributed by atoms with Crippen molar-refractivity contribution in [2.45, 2.75) is 13.0 Å². The third-order valence-electron chi connectivity index (χ3n) is 3.43. The lowest BCUT2D eigenvalue weighted by molar-refractivity contribution is 0.178. The van der Waals surface area contributed by atoms with Crippen LogP contribution >= 0.6 is 0 Å². The van der Waals surface area contributed by atoms with E-state index in [9.17, 15) is 8.78 Å². The molecule has 1 fully saturated rings. The molecule has 100 valence electrons. The van der Waals surface area contributed by atoms with Crippen LogP contribution in [0.1, 0.15) is 18.5 Å². The summed E-state index contributed by atoms with van der Waals surface area (Å²) in [5, 5.41) is 3.22. The minimum atomic E-state index is -0.594.